The number of carbonyl (C=O) groups excluding carboxylic acids is 1. The fourth-order valence-electron chi connectivity index (χ4n) is 3.23. The molecule has 0 aromatic heterocycles. The monoisotopic (exact) mass is 422 g/mol. The Hall–Kier alpha value is -2.96. The quantitative estimate of drug-likeness (QED) is 0.581. The van der Waals surface area contributed by atoms with Gasteiger partial charge in [0.15, 0.2) is 0 Å². The maximum atomic E-state index is 12.9. The Bertz CT molecular complexity index is 1120. The Kier molecular flexibility index (Phi) is 6.70. The normalized spacial score (nSPS) is 12.4. The Morgan fingerprint density at radius 1 is 0.867 bits per heavy atom. The molecule has 6 heteroatoms. The minimum Gasteiger partial charge on any atom is -0.326 e. The Labute approximate surface area is 178 Å². The van der Waals surface area contributed by atoms with Crippen LogP contribution in [0.4, 0.5) is 5.69 Å². The van der Waals surface area contributed by atoms with E-state index >= 15 is 0 Å². The Balaban J connectivity index is 1.82. The smallest absolute Gasteiger partial charge is 0.241 e. The molecule has 3 aromatic rings. The number of carbonyl (C=O) groups is 1. The predicted molar refractivity (Wildman–Crippen MR) is 120 cm³/mol. The first-order valence-electron chi connectivity index (χ1n) is 9.75. The van der Waals surface area contributed by atoms with Crippen molar-refractivity contribution in [1.29, 1.82) is 0 Å². The third-order valence-electron chi connectivity index (χ3n) is 4.88. The maximum Gasteiger partial charge on any atom is 0.241 e. The highest BCUT2D eigenvalue weighted by Gasteiger charge is 2.24. The standard InChI is InChI=1S/C24H26N2O3S/c1-17-9-12-21(13-10-17)30(28,29)26-23(20-7-5-4-6-8-20)16-24(27)25-22-14-11-18(2)15-19(22)3/h4-15,23,26H,16H2,1-3H3,(H,25,27)/t23-/m0/s1. The third-order valence-corrected chi connectivity index (χ3v) is 6.36. The van der Waals surface area contributed by atoms with Gasteiger partial charge in [-0.15, -0.1) is 0 Å². The van der Waals surface area contributed by atoms with Crippen LogP contribution in [0, 0.1) is 20.8 Å². The van der Waals surface area contributed by atoms with Gasteiger partial charge in [-0.3, -0.25) is 4.79 Å². The lowest BCUT2D eigenvalue weighted by Gasteiger charge is -2.19. The lowest BCUT2D eigenvalue weighted by atomic mass is 10.0. The number of hydrogen-bond donors (Lipinski definition) is 2. The van der Waals surface area contributed by atoms with E-state index in [0.717, 1.165) is 27.9 Å². The van der Waals surface area contributed by atoms with Gasteiger partial charge in [0, 0.05) is 12.1 Å². The molecule has 0 unspecified atom stereocenters. The number of anilines is 1. The second kappa shape index (κ2) is 9.24. The molecule has 0 spiro atoms. The van der Waals surface area contributed by atoms with E-state index in [-0.39, 0.29) is 17.2 Å². The summed E-state index contributed by atoms with van der Waals surface area (Å²) in [6.07, 6.45) is -0.0254. The Morgan fingerprint density at radius 3 is 2.13 bits per heavy atom. The SMILES string of the molecule is Cc1ccc(S(=O)(=O)N[C@@H](CC(=O)Nc2ccc(C)cc2C)c2ccccc2)cc1. The molecule has 0 bridgehead atoms. The van der Waals surface area contributed by atoms with Gasteiger partial charge in [-0.25, -0.2) is 13.1 Å². The summed E-state index contributed by atoms with van der Waals surface area (Å²) in [5.41, 5.74) is 4.49. The predicted octanol–water partition coefficient (Wildman–Crippen LogP) is 4.66. The van der Waals surface area contributed by atoms with Gasteiger partial charge >= 0.3 is 0 Å². The molecule has 0 saturated heterocycles. The van der Waals surface area contributed by atoms with Crippen molar-refractivity contribution in [3.05, 3.63) is 95.1 Å². The van der Waals surface area contributed by atoms with Crippen molar-refractivity contribution in [3.63, 3.8) is 0 Å². The molecule has 3 rings (SSSR count). The van der Waals surface area contributed by atoms with Crippen molar-refractivity contribution in [3.8, 4) is 0 Å². The average Bonchev–Trinajstić information content (AvgIpc) is 2.70. The molecule has 5 nitrogen and oxygen atoms in total. The van der Waals surface area contributed by atoms with Crippen LogP contribution in [0.3, 0.4) is 0 Å². The second-order valence-corrected chi connectivity index (χ2v) is 9.18. The van der Waals surface area contributed by atoms with Crippen LogP contribution in [0.5, 0.6) is 0 Å². The van der Waals surface area contributed by atoms with Crippen molar-refractivity contribution in [2.45, 2.75) is 38.1 Å². The van der Waals surface area contributed by atoms with Gasteiger partial charge < -0.3 is 5.32 Å². The van der Waals surface area contributed by atoms with E-state index in [9.17, 15) is 13.2 Å². The van der Waals surface area contributed by atoms with E-state index in [1.807, 2.05) is 69.3 Å². The van der Waals surface area contributed by atoms with Crippen molar-refractivity contribution in [1.82, 2.24) is 4.72 Å². The number of rotatable bonds is 7. The van der Waals surface area contributed by atoms with Gasteiger partial charge in [-0.2, -0.15) is 0 Å². The molecule has 0 aliphatic heterocycles. The van der Waals surface area contributed by atoms with Gasteiger partial charge in [0.1, 0.15) is 0 Å². The molecule has 156 valence electrons. The van der Waals surface area contributed by atoms with Crippen molar-refractivity contribution in [2.24, 2.45) is 0 Å². The van der Waals surface area contributed by atoms with Crippen LogP contribution >= 0.6 is 0 Å². The number of benzene rings is 3. The highest BCUT2D eigenvalue weighted by atomic mass is 32.2. The van der Waals surface area contributed by atoms with Crippen molar-refractivity contribution in [2.75, 3.05) is 5.32 Å². The lowest BCUT2D eigenvalue weighted by molar-refractivity contribution is -0.116. The molecule has 1 atom stereocenters. The zero-order valence-corrected chi connectivity index (χ0v) is 18.2. The zero-order chi connectivity index (χ0) is 21.7. The van der Waals surface area contributed by atoms with E-state index in [4.69, 9.17) is 0 Å². The summed E-state index contributed by atoms with van der Waals surface area (Å²) in [5, 5.41) is 2.90. The fraction of sp³-hybridized carbons (Fsp3) is 0.208. The van der Waals surface area contributed by atoms with E-state index in [2.05, 4.69) is 10.0 Å². The summed E-state index contributed by atoms with van der Waals surface area (Å²) in [7, 11) is -3.79. The van der Waals surface area contributed by atoms with E-state index in [0.29, 0.717) is 0 Å². The first-order chi connectivity index (χ1) is 14.2. The molecule has 0 heterocycles. The van der Waals surface area contributed by atoms with Crippen LogP contribution in [-0.4, -0.2) is 14.3 Å². The van der Waals surface area contributed by atoms with E-state index < -0.39 is 16.1 Å². The van der Waals surface area contributed by atoms with Gasteiger partial charge in [0.05, 0.1) is 10.9 Å². The molecule has 2 N–H and O–H groups in total. The summed E-state index contributed by atoms with van der Waals surface area (Å²) in [4.78, 5) is 12.9. The van der Waals surface area contributed by atoms with Crippen molar-refractivity contribution < 1.29 is 13.2 Å². The molecular weight excluding hydrogens is 396 g/mol. The first kappa shape index (κ1) is 21.7. The van der Waals surface area contributed by atoms with Crippen LogP contribution in [-0.2, 0) is 14.8 Å². The number of nitrogens with one attached hydrogen (secondary N) is 2. The summed E-state index contributed by atoms with van der Waals surface area (Å²) in [6, 6.07) is 20.8. The highest BCUT2D eigenvalue weighted by molar-refractivity contribution is 7.89. The van der Waals surface area contributed by atoms with Crippen molar-refractivity contribution >= 4 is 21.6 Å². The first-order valence-corrected chi connectivity index (χ1v) is 11.2. The lowest BCUT2D eigenvalue weighted by Crippen LogP contribution is -2.31. The molecule has 0 aliphatic rings. The Morgan fingerprint density at radius 2 is 1.50 bits per heavy atom. The topological polar surface area (TPSA) is 75.3 Å². The minimum atomic E-state index is -3.79. The molecule has 0 aliphatic carbocycles. The number of hydrogen-bond acceptors (Lipinski definition) is 3. The highest BCUT2D eigenvalue weighted by Crippen LogP contribution is 2.23. The van der Waals surface area contributed by atoms with Gasteiger partial charge in [0.2, 0.25) is 15.9 Å². The summed E-state index contributed by atoms with van der Waals surface area (Å²) in [5.74, 6) is -0.262. The second-order valence-electron chi connectivity index (χ2n) is 7.47. The van der Waals surface area contributed by atoms with Crippen LogP contribution in [0.15, 0.2) is 77.7 Å². The maximum absolute atomic E-state index is 12.9. The summed E-state index contributed by atoms with van der Waals surface area (Å²) < 4.78 is 28.5. The van der Waals surface area contributed by atoms with Crippen LogP contribution in [0.2, 0.25) is 0 Å². The average molecular weight is 423 g/mol. The van der Waals surface area contributed by atoms with E-state index in [1.54, 1.807) is 24.3 Å². The molecule has 0 fully saturated rings. The summed E-state index contributed by atoms with van der Waals surface area (Å²) in [6.45, 7) is 5.81. The molecule has 1 amide bonds. The molecule has 0 radical (unpaired) electrons. The van der Waals surface area contributed by atoms with Crippen LogP contribution in [0.25, 0.3) is 0 Å². The van der Waals surface area contributed by atoms with E-state index in [1.165, 1.54) is 0 Å². The van der Waals surface area contributed by atoms with Gasteiger partial charge in [-0.05, 0) is 50.1 Å². The van der Waals surface area contributed by atoms with Crippen LogP contribution < -0.4 is 10.0 Å². The third kappa shape index (κ3) is 5.55. The molecular formula is C24H26N2O3S. The van der Waals surface area contributed by atoms with Gasteiger partial charge in [0.25, 0.3) is 0 Å². The zero-order valence-electron chi connectivity index (χ0n) is 17.3. The number of sulfonamides is 1. The fourth-order valence-corrected chi connectivity index (χ4v) is 4.45. The summed E-state index contributed by atoms with van der Waals surface area (Å²) >= 11 is 0. The number of aryl methyl sites for hydroxylation is 3. The molecule has 3 aromatic carbocycles. The molecule has 0 saturated carbocycles. The van der Waals surface area contributed by atoms with Crippen LogP contribution in [0.1, 0.15) is 34.7 Å². The van der Waals surface area contributed by atoms with Gasteiger partial charge in [-0.1, -0.05) is 65.7 Å². The minimum absolute atomic E-state index is 0.0254. The largest absolute Gasteiger partial charge is 0.326 e. The number of amides is 1. The molecule has 30 heavy (non-hydrogen) atoms.